The molecule has 0 bridgehead atoms. The number of aldehydes is 1. The van der Waals surface area contributed by atoms with Crippen molar-refractivity contribution in [2.75, 3.05) is 13.2 Å². The maximum atomic E-state index is 11.3. The molecule has 0 N–H and O–H groups in total. The van der Waals surface area contributed by atoms with Gasteiger partial charge in [0.05, 0.1) is 13.2 Å². The molecule has 2 aliphatic rings. The van der Waals surface area contributed by atoms with E-state index in [4.69, 9.17) is 9.47 Å². The molecule has 3 nitrogen and oxygen atoms in total. The van der Waals surface area contributed by atoms with Gasteiger partial charge in [-0.25, -0.2) is 0 Å². The molecule has 1 saturated heterocycles. The molecule has 1 aliphatic heterocycles. The number of carbonyl (C=O) groups is 1. The number of hydrogen-bond acceptors (Lipinski definition) is 3. The number of carbonyl (C=O) groups excluding carboxylic acids is 1. The minimum absolute atomic E-state index is 0.133. The van der Waals surface area contributed by atoms with Gasteiger partial charge >= 0.3 is 0 Å². The van der Waals surface area contributed by atoms with Crippen molar-refractivity contribution in [2.24, 2.45) is 17.3 Å². The molecule has 2 rings (SSSR count). The van der Waals surface area contributed by atoms with E-state index in [1.165, 1.54) is 0 Å². The average molecular weight is 212 g/mol. The Labute approximate surface area is 91.1 Å². The van der Waals surface area contributed by atoms with Crippen molar-refractivity contribution >= 4 is 6.29 Å². The Kier molecular flexibility index (Phi) is 2.63. The highest BCUT2D eigenvalue weighted by Gasteiger charge is 2.55. The van der Waals surface area contributed by atoms with Crippen molar-refractivity contribution in [2.45, 2.75) is 39.4 Å². The summed E-state index contributed by atoms with van der Waals surface area (Å²) in [5.74, 6) is 0.0551. The largest absolute Gasteiger partial charge is 0.347 e. The summed E-state index contributed by atoms with van der Waals surface area (Å²) >= 11 is 0. The smallest absolute Gasteiger partial charge is 0.171 e. The first kappa shape index (κ1) is 11.1. The van der Waals surface area contributed by atoms with Crippen LogP contribution in [0.25, 0.3) is 0 Å². The van der Waals surface area contributed by atoms with E-state index in [0.717, 1.165) is 19.1 Å². The third-order valence-electron chi connectivity index (χ3n) is 4.61. The predicted octanol–water partition coefficient (Wildman–Crippen LogP) is 2.00. The zero-order valence-electron chi connectivity index (χ0n) is 9.79. The molecule has 3 heteroatoms. The van der Waals surface area contributed by atoms with Crippen LogP contribution in [0.15, 0.2) is 0 Å². The van der Waals surface area contributed by atoms with Gasteiger partial charge in [0.25, 0.3) is 0 Å². The van der Waals surface area contributed by atoms with Crippen LogP contribution in [0.1, 0.15) is 33.6 Å². The van der Waals surface area contributed by atoms with Crippen LogP contribution in [-0.2, 0) is 14.3 Å². The van der Waals surface area contributed by atoms with E-state index in [1.807, 2.05) is 6.92 Å². The Morgan fingerprint density at radius 1 is 1.27 bits per heavy atom. The van der Waals surface area contributed by atoms with Gasteiger partial charge in [0.1, 0.15) is 6.29 Å². The molecule has 0 amide bonds. The minimum Gasteiger partial charge on any atom is -0.347 e. The van der Waals surface area contributed by atoms with Gasteiger partial charge in [0.2, 0.25) is 0 Å². The van der Waals surface area contributed by atoms with E-state index in [0.29, 0.717) is 19.1 Å². The minimum atomic E-state index is -0.484. The van der Waals surface area contributed by atoms with E-state index in [2.05, 4.69) is 13.8 Å². The molecule has 0 aromatic rings. The van der Waals surface area contributed by atoms with Crippen LogP contribution in [0.5, 0.6) is 0 Å². The van der Waals surface area contributed by atoms with Crippen LogP contribution in [0, 0.1) is 17.3 Å². The van der Waals surface area contributed by atoms with E-state index in [1.54, 1.807) is 0 Å². The molecule has 3 atom stereocenters. The lowest BCUT2D eigenvalue weighted by Crippen LogP contribution is -2.53. The van der Waals surface area contributed by atoms with Gasteiger partial charge in [-0.05, 0) is 12.3 Å². The first-order valence-corrected chi connectivity index (χ1v) is 5.79. The fraction of sp³-hybridized carbons (Fsp3) is 0.917. The Morgan fingerprint density at radius 3 is 2.40 bits per heavy atom. The van der Waals surface area contributed by atoms with Crippen molar-refractivity contribution in [1.82, 2.24) is 0 Å². The lowest BCUT2D eigenvalue weighted by molar-refractivity contribution is -0.242. The van der Waals surface area contributed by atoms with E-state index < -0.39 is 5.79 Å². The zero-order chi connectivity index (χ0) is 11.1. The average Bonchev–Trinajstić information content (AvgIpc) is 2.71. The SMILES string of the molecule is C[C@@H]1CCC2(OCCO2)[C@H](C)[C@@]1(C)C=O. The highest BCUT2D eigenvalue weighted by molar-refractivity contribution is 5.60. The maximum absolute atomic E-state index is 11.3. The van der Waals surface area contributed by atoms with Crippen molar-refractivity contribution in [3.63, 3.8) is 0 Å². The normalized spacial score (nSPS) is 44.5. The summed E-state index contributed by atoms with van der Waals surface area (Å²) in [6, 6.07) is 0. The third kappa shape index (κ3) is 1.44. The van der Waals surface area contributed by atoms with Crippen LogP contribution in [0.4, 0.5) is 0 Å². The predicted molar refractivity (Wildman–Crippen MR) is 56.4 cm³/mol. The summed E-state index contributed by atoms with van der Waals surface area (Å²) in [5.41, 5.74) is -0.317. The van der Waals surface area contributed by atoms with Crippen molar-refractivity contribution < 1.29 is 14.3 Å². The standard InChI is InChI=1S/C12H20O3/c1-9-4-5-12(14-6-7-15-12)10(2)11(9,3)8-13/h8-10H,4-7H2,1-3H3/t9-,10-,11+/m1/s1. The summed E-state index contributed by atoms with van der Waals surface area (Å²) in [6.07, 6.45) is 3.01. The molecular formula is C12H20O3. The second kappa shape index (κ2) is 3.56. The molecule has 15 heavy (non-hydrogen) atoms. The monoisotopic (exact) mass is 212 g/mol. The quantitative estimate of drug-likeness (QED) is 0.624. The summed E-state index contributed by atoms with van der Waals surface area (Å²) in [4.78, 5) is 11.3. The molecule has 0 aromatic carbocycles. The molecule has 1 heterocycles. The molecule has 1 saturated carbocycles. The van der Waals surface area contributed by atoms with Gasteiger partial charge in [0.15, 0.2) is 5.79 Å². The molecule has 1 spiro atoms. The summed E-state index contributed by atoms with van der Waals surface area (Å²) in [5, 5.41) is 0. The van der Waals surface area contributed by atoms with E-state index >= 15 is 0 Å². The van der Waals surface area contributed by atoms with Crippen LogP contribution in [0.3, 0.4) is 0 Å². The highest BCUT2D eigenvalue weighted by atomic mass is 16.7. The van der Waals surface area contributed by atoms with Gasteiger partial charge in [-0.1, -0.05) is 20.8 Å². The highest BCUT2D eigenvalue weighted by Crippen LogP contribution is 2.51. The van der Waals surface area contributed by atoms with E-state index in [-0.39, 0.29) is 11.3 Å². The Bertz CT molecular complexity index is 258. The van der Waals surface area contributed by atoms with Gasteiger partial charge in [-0.2, -0.15) is 0 Å². The molecular weight excluding hydrogens is 192 g/mol. The maximum Gasteiger partial charge on any atom is 0.171 e. The van der Waals surface area contributed by atoms with Gasteiger partial charge in [0, 0.05) is 17.8 Å². The first-order chi connectivity index (χ1) is 7.05. The molecule has 0 unspecified atom stereocenters. The Balaban J connectivity index is 2.29. The zero-order valence-corrected chi connectivity index (χ0v) is 9.79. The van der Waals surface area contributed by atoms with Crippen molar-refractivity contribution in [3.05, 3.63) is 0 Å². The molecule has 2 fully saturated rings. The summed E-state index contributed by atoms with van der Waals surface area (Å²) in [6.45, 7) is 7.57. The van der Waals surface area contributed by atoms with Gasteiger partial charge < -0.3 is 14.3 Å². The van der Waals surface area contributed by atoms with Crippen LogP contribution in [-0.4, -0.2) is 25.3 Å². The fourth-order valence-electron chi connectivity index (χ4n) is 2.93. The van der Waals surface area contributed by atoms with E-state index in [9.17, 15) is 4.79 Å². The molecule has 0 aromatic heterocycles. The third-order valence-corrected chi connectivity index (χ3v) is 4.61. The first-order valence-electron chi connectivity index (χ1n) is 5.79. The van der Waals surface area contributed by atoms with Crippen LogP contribution in [0.2, 0.25) is 0 Å². The Morgan fingerprint density at radius 2 is 1.87 bits per heavy atom. The van der Waals surface area contributed by atoms with Crippen molar-refractivity contribution in [3.8, 4) is 0 Å². The lowest BCUT2D eigenvalue weighted by atomic mass is 9.60. The second-order valence-corrected chi connectivity index (χ2v) is 5.15. The summed E-state index contributed by atoms with van der Waals surface area (Å²) < 4.78 is 11.5. The van der Waals surface area contributed by atoms with Gasteiger partial charge in [-0.3, -0.25) is 0 Å². The topological polar surface area (TPSA) is 35.5 Å². The fourth-order valence-corrected chi connectivity index (χ4v) is 2.93. The molecule has 1 aliphatic carbocycles. The molecule has 0 radical (unpaired) electrons. The number of rotatable bonds is 1. The second-order valence-electron chi connectivity index (χ2n) is 5.15. The Hall–Kier alpha value is -0.410. The van der Waals surface area contributed by atoms with Crippen LogP contribution < -0.4 is 0 Å². The van der Waals surface area contributed by atoms with Crippen LogP contribution >= 0.6 is 0 Å². The van der Waals surface area contributed by atoms with Gasteiger partial charge in [-0.15, -0.1) is 0 Å². The summed E-state index contributed by atoms with van der Waals surface area (Å²) in [7, 11) is 0. The van der Waals surface area contributed by atoms with Crippen molar-refractivity contribution in [1.29, 1.82) is 0 Å². The molecule has 86 valence electrons. The lowest BCUT2D eigenvalue weighted by Gasteiger charge is -2.49. The number of hydrogen-bond donors (Lipinski definition) is 0. The number of ether oxygens (including phenoxy) is 2.